The number of sulfonamides is 1. The van der Waals surface area contributed by atoms with Crippen molar-refractivity contribution in [3.8, 4) is 5.75 Å². The molecule has 38 heavy (non-hydrogen) atoms. The lowest BCUT2D eigenvalue weighted by Crippen LogP contribution is -2.48. The summed E-state index contributed by atoms with van der Waals surface area (Å²) in [6, 6.07) is 22.4. The van der Waals surface area contributed by atoms with Crippen molar-refractivity contribution in [3.63, 3.8) is 0 Å². The fourth-order valence-corrected chi connectivity index (χ4v) is 5.63. The van der Waals surface area contributed by atoms with Gasteiger partial charge in [-0.15, -0.1) is 0 Å². The van der Waals surface area contributed by atoms with Gasteiger partial charge in [-0.25, -0.2) is 0 Å². The Morgan fingerprint density at radius 1 is 0.947 bits per heavy atom. The maximum absolute atomic E-state index is 13.5. The second-order valence-electron chi connectivity index (χ2n) is 8.93. The minimum Gasteiger partial charge on any atom is -0.396 e. The van der Waals surface area contributed by atoms with Gasteiger partial charge in [0.25, 0.3) is 15.9 Å². The normalized spacial score (nSPS) is 15.5. The fraction of sp³-hybridized carbons (Fsp3) is 0.286. The number of hydrogen-bond donors (Lipinski definition) is 2. The number of nitrogens with one attached hydrogen (secondary N) is 1. The van der Waals surface area contributed by atoms with Crippen molar-refractivity contribution in [2.75, 3.05) is 24.2 Å². The highest BCUT2D eigenvalue weighted by Gasteiger charge is 2.29. The Morgan fingerprint density at radius 3 is 2.26 bits per heavy atom. The first-order valence-electron chi connectivity index (χ1n) is 12.5. The molecule has 1 atom stereocenters. The van der Waals surface area contributed by atoms with Crippen LogP contribution in [0.25, 0.3) is 0 Å². The van der Waals surface area contributed by atoms with Gasteiger partial charge in [0, 0.05) is 24.8 Å². The van der Waals surface area contributed by atoms with Crippen LogP contribution in [-0.4, -0.2) is 56.0 Å². The molecule has 4 rings (SSSR count). The van der Waals surface area contributed by atoms with Gasteiger partial charge in [0.05, 0.1) is 17.1 Å². The Hall–Kier alpha value is -3.89. The maximum atomic E-state index is 13.5. The van der Waals surface area contributed by atoms with E-state index in [1.807, 2.05) is 0 Å². The van der Waals surface area contributed by atoms with Crippen LogP contribution in [0.5, 0.6) is 5.75 Å². The quantitative estimate of drug-likeness (QED) is 0.383. The van der Waals surface area contributed by atoms with Crippen molar-refractivity contribution in [1.29, 1.82) is 0 Å². The third-order valence-corrected chi connectivity index (χ3v) is 7.93. The second kappa shape index (κ2) is 12.6. The Balaban J connectivity index is 1.46. The fourth-order valence-electron chi connectivity index (χ4n) is 4.38. The molecule has 2 N–H and O–H groups in total. The van der Waals surface area contributed by atoms with Gasteiger partial charge >= 0.3 is 0 Å². The van der Waals surface area contributed by atoms with Gasteiger partial charge in [0.1, 0.15) is 0 Å². The van der Waals surface area contributed by atoms with Crippen LogP contribution < -0.4 is 14.6 Å². The highest BCUT2D eigenvalue weighted by atomic mass is 32.2. The van der Waals surface area contributed by atoms with Crippen LogP contribution >= 0.6 is 0 Å². The molecule has 0 radical (unpaired) electrons. The lowest BCUT2D eigenvalue weighted by Gasteiger charge is -2.35. The van der Waals surface area contributed by atoms with Gasteiger partial charge in [-0.05, 0) is 74.2 Å². The lowest BCUT2D eigenvalue weighted by molar-refractivity contribution is -0.134. The first-order chi connectivity index (χ1) is 18.4. The summed E-state index contributed by atoms with van der Waals surface area (Å²) in [5, 5.41) is 11.9. The van der Waals surface area contributed by atoms with E-state index in [0.29, 0.717) is 24.4 Å². The van der Waals surface area contributed by atoms with Gasteiger partial charge in [-0.3, -0.25) is 9.59 Å². The number of piperidine rings is 1. The van der Waals surface area contributed by atoms with E-state index in [1.54, 1.807) is 65.6 Å². The predicted octanol–water partition coefficient (Wildman–Crippen LogP) is 3.37. The average Bonchev–Trinajstić information content (AvgIpc) is 2.96. The van der Waals surface area contributed by atoms with E-state index in [1.165, 1.54) is 24.3 Å². The van der Waals surface area contributed by atoms with Crippen molar-refractivity contribution >= 4 is 27.5 Å². The number of anilines is 1. The summed E-state index contributed by atoms with van der Waals surface area (Å²) in [5.41, 5.74) is 0.534. The SMILES string of the molecule is O=C(NCC(=O)N1CCCCC1CCO)c1ccc(S(=O)(=O)N(Oc2ccccc2)c2ccccc2)cc1. The number of benzene rings is 3. The molecular formula is C28H31N3O6S. The zero-order chi connectivity index (χ0) is 27.0. The average molecular weight is 538 g/mol. The molecule has 1 fully saturated rings. The summed E-state index contributed by atoms with van der Waals surface area (Å²) >= 11 is 0. The summed E-state index contributed by atoms with van der Waals surface area (Å²) in [6.45, 7) is 0.441. The first kappa shape index (κ1) is 27.2. The summed E-state index contributed by atoms with van der Waals surface area (Å²) in [7, 11) is -4.15. The third-order valence-electron chi connectivity index (χ3n) is 6.34. The summed E-state index contributed by atoms with van der Waals surface area (Å²) in [5.74, 6) is -0.346. The van der Waals surface area contributed by atoms with Crippen molar-refractivity contribution in [2.45, 2.75) is 36.6 Å². The van der Waals surface area contributed by atoms with E-state index >= 15 is 0 Å². The Kier molecular flexibility index (Phi) is 8.98. The number of aliphatic hydroxyl groups excluding tert-OH is 1. The molecule has 0 aromatic heterocycles. The van der Waals surface area contributed by atoms with Crippen molar-refractivity contribution in [1.82, 2.24) is 10.2 Å². The smallest absolute Gasteiger partial charge is 0.295 e. The van der Waals surface area contributed by atoms with E-state index < -0.39 is 15.9 Å². The topological polar surface area (TPSA) is 116 Å². The van der Waals surface area contributed by atoms with Crippen molar-refractivity contribution < 1.29 is 28.0 Å². The van der Waals surface area contributed by atoms with Crippen LogP contribution in [0.1, 0.15) is 36.0 Å². The van der Waals surface area contributed by atoms with E-state index in [-0.39, 0.29) is 35.6 Å². The number of likely N-dealkylation sites (tertiary alicyclic amines) is 1. The van der Waals surface area contributed by atoms with Crippen molar-refractivity contribution in [3.05, 3.63) is 90.5 Å². The largest absolute Gasteiger partial charge is 0.396 e. The van der Waals surface area contributed by atoms with Gasteiger partial charge in [0.2, 0.25) is 5.91 Å². The minimum atomic E-state index is -4.15. The van der Waals surface area contributed by atoms with Gasteiger partial charge in [-0.2, -0.15) is 8.42 Å². The zero-order valence-electron chi connectivity index (χ0n) is 20.9. The first-order valence-corrected chi connectivity index (χ1v) is 14.0. The van der Waals surface area contributed by atoms with Crippen LogP contribution in [-0.2, 0) is 14.8 Å². The van der Waals surface area contributed by atoms with Crippen molar-refractivity contribution in [2.24, 2.45) is 0 Å². The Labute approximate surface area is 222 Å². The number of hydrogen-bond acceptors (Lipinski definition) is 6. The molecule has 0 aliphatic carbocycles. The van der Waals surface area contributed by atoms with Crippen LogP contribution in [0.4, 0.5) is 5.69 Å². The molecule has 1 heterocycles. The molecule has 1 aliphatic rings. The molecule has 0 spiro atoms. The van der Waals surface area contributed by atoms with Gasteiger partial charge in [0.15, 0.2) is 5.75 Å². The van der Waals surface area contributed by atoms with Crippen LogP contribution in [0.15, 0.2) is 89.8 Å². The number of carbonyl (C=O) groups is 2. The lowest BCUT2D eigenvalue weighted by atomic mass is 9.99. The van der Waals surface area contributed by atoms with E-state index in [0.717, 1.165) is 23.7 Å². The molecule has 0 saturated carbocycles. The predicted molar refractivity (Wildman–Crippen MR) is 143 cm³/mol. The number of aliphatic hydroxyl groups is 1. The third kappa shape index (κ3) is 6.51. The number of para-hydroxylation sites is 2. The molecule has 9 nitrogen and oxygen atoms in total. The zero-order valence-corrected chi connectivity index (χ0v) is 21.7. The highest BCUT2D eigenvalue weighted by molar-refractivity contribution is 7.92. The van der Waals surface area contributed by atoms with Gasteiger partial charge in [-0.1, -0.05) is 40.9 Å². The van der Waals surface area contributed by atoms with Gasteiger partial charge < -0.3 is 20.2 Å². The summed E-state index contributed by atoms with van der Waals surface area (Å²) in [4.78, 5) is 32.8. The van der Waals surface area contributed by atoms with E-state index in [9.17, 15) is 23.1 Å². The standard InChI is InChI=1S/C28H31N3O6S/c32-20-18-23-9-7-8-19-30(23)27(33)21-29-28(34)22-14-16-26(17-15-22)38(35,36)31(24-10-3-1-4-11-24)37-25-12-5-2-6-13-25/h1-6,10-17,23,32H,7-9,18-21H2,(H,29,34). The highest BCUT2D eigenvalue weighted by Crippen LogP contribution is 2.26. The van der Waals surface area contributed by atoms with Crippen LogP contribution in [0, 0.1) is 0 Å². The maximum Gasteiger partial charge on any atom is 0.295 e. The molecule has 3 aromatic rings. The number of nitrogens with zero attached hydrogens (tertiary/aromatic N) is 2. The molecule has 1 unspecified atom stereocenters. The monoisotopic (exact) mass is 537 g/mol. The molecular weight excluding hydrogens is 506 g/mol. The van der Waals surface area contributed by atoms with Crippen LogP contribution in [0.2, 0.25) is 0 Å². The van der Waals surface area contributed by atoms with E-state index in [4.69, 9.17) is 4.84 Å². The number of rotatable bonds is 10. The molecule has 0 bridgehead atoms. The second-order valence-corrected chi connectivity index (χ2v) is 10.7. The summed E-state index contributed by atoms with van der Waals surface area (Å²) in [6.07, 6.45) is 3.26. The molecule has 1 saturated heterocycles. The Morgan fingerprint density at radius 2 is 1.61 bits per heavy atom. The van der Waals surface area contributed by atoms with E-state index in [2.05, 4.69) is 5.32 Å². The summed E-state index contributed by atoms with van der Waals surface area (Å²) < 4.78 is 27.9. The molecule has 200 valence electrons. The number of amides is 2. The molecule has 2 amide bonds. The molecule has 3 aromatic carbocycles. The molecule has 1 aliphatic heterocycles. The Bertz CT molecular complexity index is 1320. The minimum absolute atomic E-state index is 0.00809. The number of carbonyl (C=O) groups excluding carboxylic acids is 2. The van der Waals surface area contributed by atoms with Crippen LogP contribution in [0.3, 0.4) is 0 Å². The molecule has 10 heteroatoms.